The van der Waals surface area contributed by atoms with Gasteiger partial charge in [-0.25, -0.2) is 13.8 Å². The molecule has 31 heavy (non-hydrogen) atoms. The Morgan fingerprint density at radius 1 is 1.16 bits per heavy atom. The van der Waals surface area contributed by atoms with Crippen LogP contribution in [0.2, 0.25) is 0 Å². The molecule has 1 N–H and O–H groups in total. The quantitative estimate of drug-likeness (QED) is 0.412. The molecule has 0 radical (unpaired) electrons. The average Bonchev–Trinajstić information content (AvgIpc) is 3.17. The third-order valence-electron chi connectivity index (χ3n) is 4.49. The Balaban J connectivity index is 1.93. The van der Waals surface area contributed by atoms with Gasteiger partial charge < -0.3 is 4.74 Å². The number of aryl methyl sites for hydroxylation is 2. The second-order valence-corrected chi connectivity index (χ2v) is 9.57. The van der Waals surface area contributed by atoms with Crippen molar-refractivity contribution in [2.45, 2.75) is 18.7 Å². The molecule has 0 bridgehead atoms. The zero-order valence-corrected chi connectivity index (χ0v) is 19.0. The van der Waals surface area contributed by atoms with Crippen molar-refractivity contribution in [2.75, 3.05) is 18.0 Å². The molecule has 0 aliphatic heterocycles. The van der Waals surface area contributed by atoms with Gasteiger partial charge in [-0.3, -0.25) is 9.10 Å². The summed E-state index contributed by atoms with van der Waals surface area (Å²) in [5.41, 5.74) is 4.56. The number of nitrogens with one attached hydrogen (secondary N) is 1. The molecule has 3 rings (SSSR count). The SMILES string of the molecule is COc1ccc(C)cc1N(CC(=O)N/N=C\c1sccc1C)S(=O)(=O)c1ccccc1. The average molecular weight is 458 g/mol. The molecule has 0 aliphatic rings. The van der Waals surface area contributed by atoms with E-state index in [0.29, 0.717) is 5.75 Å². The topological polar surface area (TPSA) is 88.1 Å². The van der Waals surface area contributed by atoms with Crippen LogP contribution in [-0.2, 0) is 14.8 Å². The van der Waals surface area contributed by atoms with Crippen LogP contribution >= 0.6 is 11.3 Å². The van der Waals surface area contributed by atoms with E-state index in [1.807, 2.05) is 31.4 Å². The van der Waals surface area contributed by atoms with Crippen molar-refractivity contribution in [2.24, 2.45) is 5.10 Å². The van der Waals surface area contributed by atoms with E-state index in [1.165, 1.54) is 30.6 Å². The lowest BCUT2D eigenvalue weighted by molar-refractivity contribution is -0.119. The zero-order valence-electron chi connectivity index (χ0n) is 17.4. The highest BCUT2D eigenvalue weighted by atomic mass is 32.2. The van der Waals surface area contributed by atoms with E-state index in [2.05, 4.69) is 10.5 Å². The number of thiophene rings is 1. The van der Waals surface area contributed by atoms with Crippen molar-refractivity contribution < 1.29 is 17.9 Å². The second-order valence-electron chi connectivity index (χ2n) is 6.76. The number of methoxy groups -OCH3 is 1. The van der Waals surface area contributed by atoms with E-state index in [0.717, 1.165) is 20.3 Å². The fourth-order valence-electron chi connectivity index (χ4n) is 2.86. The first-order chi connectivity index (χ1) is 14.8. The number of hydrogen-bond acceptors (Lipinski definition) is 6. The van der Waals surface area contributed by atoms with Crippen molar-refractivity contribution in [1.82, 2.24) is 5.43 Å². The van der Waals surface area contributed by atoms with Crippen LogP contribution in [0.1, 0.15) is 16.0 Å². The number of carbonyl (C=O) groups is 1. The molecule has 0 fully saturated rings. The fourth-order valence-corrected chi connectivity index (χ4v) is 5.09. The van der Waals surface area contributed by atoms with Crippen molar-refractivity contribution in [3.63, 3.8) is 0 Å². The van der Waals surface area contributed by atoms with E-state index in [-0.39, 0.29) is 10.6 Å². The van der Waals surface area contributed by atoms with E-state index >= 15 is 0 Å². The first-order valence-electron chi connectivity index (χ1n) is 9.41. The highest BCUT2D eigenvalue weighted by Gasteiger charge is 2.29. The molecule has 9 heteroatoms. The molecule has 1 heterocycles. The van der Waals surface area contributed by atoms with Gasteiger partial charge in [-0.2, -0.15) is 5.10 Å². The molecule has 1 aromatic heterocycles. The lowest BCUT2D eigenvalue weighted by Gasteiger charge is -2.25. The minimum atomic E-state index is -4.03. The molecule has 0 aliphatic carbocycles. The van der Waals surface area contributed by atoms with Gasteiger partial charge in [0.1, 0.15) is 12.3 Å². The first-order valence-corrected chi connectivity index (χ1v) is 11.7. The highest BCUT2D eigenvalue weighted by Crippen LogP contribution is 2.33. The summed E-state index contributed by atoms with van der Waals surface area (Å²) in [6.45, 7) is 3.32. The summed E-state index contributed by atoms with van der Waals surface area (Å²) in [4.78, 5) is 13.6. The van der Waals surface area contributed by atoms with E-state index in [9.17, 15) is 13.2 Å². The molecular weight excluding hydrogens is 434 g/mol. The number of nitrogens with zero attached hydrogens (tertiary/aromatic N) is 2. The van der Waals surface area contributed by atoms with Crippen LogP contribution in [0.25, 0.3) is 0 Å². The Morgan fingerprint density at radius 3 is 2.55 bits per heavy atom. The van der Waals surface area contributed by atoms with Crippen molar-refractivity contribution in [3.8, 4) is 5.75 Å². The zero-order chi connectivity index (χ0) is 22.4. The number of carbonyl (C=O) groups excluding carboxylic acids is 1. The van der Waals surface area contributed by atoms with Crippen LogP contribution in [0, 0.1) is 13.8 Å². The molecule has 2 aromatic carbocycles. The fraction of sp³-hybridized carbons (Fsp3) is 0.182. The summed E-state index contributed by atoms with van der Waals surface area (Å²) in [5.74, 6) is -0.232. The van der Waals surface area contributed by atoms with Gasteiger partial charge in [0.05, 0.1) is 23.9 Å². The van der Waals surface area contributed by atoms with Gasteiger partial charge in [0, 0.05) is 4.88 Å². The number of amides is 1. The summed E-state index contributed by atoms with van der Waals surface area (Å²) in [6, 6.07) is 15.1. The molecule has 7 nitrogen and oxygen atoms in total. The predicted molar refractivity (Wildman–Crippen MR) is 123 cm³/mol. The minimum Gasteiger partial charge on any atom is -0.495 e. The maximum Gasteiger partial charge on any atom is 0.264 e. The van der Waals surface area contributed by atoms with Crippen LogP contribution < -0.4 is 14.5 Å². The Labute approximate surface area is 186 Å². The van der Waals surface area contributed by atoms with Crippen LogP contribution in [-0.4, -0.2) is 34.2 Å². The number of ether oxygens (including phenoxy) is 1. The standard InChI is InChI=1S/C22H23N3O4S2/c1-16-9-10-20(29-3)19(13-16)25(31(27,28)18-7-5-4-6-8-18)15-22(26)24-23-14-21-17(2)11-12-30-21/h4-14H,15H2,1-3H3,(H,24,26)/b23-14-. The monoisotopic (exact) mass is 457 g/mol. The van der Waals surface area contributed by atoms with Gasteiger partial charge >= 0.3 is 0 Å². The lowest BCUT2D eigenvalue weighted by Crippen LogP contribution is -2.39. The highest BCUT2D eigenvalue weighted by molar-refractivity contribution is 7.92. The van der Waals surface area contributed by atoms with Gasteiger partial charge in [-0.05, 0) is 60.7 Å². The van der Waals surface area contributed by atoms with Crippen molar-refractivity contribution >= 4 is 39.2 Å². The predicted octanol–water partition coefficient (Wildman–Crippen LogP) is 3.72. The maximum atomic E-state index is 13.4. The number of benzene rings is 2. The number of sulfonamides is 1. The van der Waals surface area contributed by atoms with Crippen LogP contribution in [0.4, 0.5) is 5.69 Å². The first kappa shape index (κ1) is 22.5. The van der Waals surface area contributed by atoms with Gasteiger partial charge in [-0.1, -0.05) is 24.3 Å². The molecular formula is C22H23N3O4S2. The summed E-state index contributed by atoms with van der Waals surface area (Å²) < 4.78 is 33.2. The van der Waals surface area contributed by atoms with Crippen LogP contribution in [0.5, 0.6) is 5.75 Å². The van der Waals surface area contributed by atoms with Gasteiger partial charge in [0.25, 0.3) is 15.9 Å². The molecule has 1 amide bonds. The Morgan fingerprint density at radius 2 is 1.90 bits per heavy atom. The second kappa shape index (κ2) is 9.76. The number of rotatable bonds is 8. The molecule has 0 atom stereocenters. The number of anilines is 1. The lowest BCUT2D eigenvalue weighted by atomic mass is 10.2. The summed E-state index contributed by atoms with van der Waals surface area (Å²) in [6.07, 6.45) is 1.54. The van der Waals surface area contributed by atoms with Crippen molar-refractivity contribution in [1.29, 1.82) is 0 Å². The summed E-state index contributed by atoms with van der Waals surface area (Å²) >= 11 is 1.50. The van der Waals surface area contributed by atoms with E-state index < -0.39 is 22.5 Å². The Bertz CT molecular complexity index is 1190. The summed E-state index contributed by atoms with van der Waals surface area (Å²) in [7, 11) is -2.58. The molecule has 0 saturated heterocycles. The summed E-state index contributed by atoms with van der Waals surface area (Å²) in [5, 5.41) is 5.90. The maximum absolute atomic E-state index is 13.4. The van der Waals surface area contributed by atoms with E-state index in [1.54, 1.807) is 36.5 Å². The Kier molecular flexibility index (Phi) is 7.09. The largest absolute Gasteiger partial charge is 0.495 e. The van der Waals surface area contributed by atoms with Crippen molar-refractivity contribution in [3.05, 3.63) is 76.0 Å². The smallest absolute Gasteiger partial charge is 0.264 e. The molecule has 0 unspecified atom stereocenters. The molecule has 162 valence electrons. The third-order valence-corrected chi connectivity index (χ3v) is 7.22. The van der Waals surface area contributed by atoms with Crippen LogP contribution in [0.15, 0.2) is 70.0 Å². The van der Waals surface area contributed by atoms with Gasteiger partial charge in [0.2, 0.25) is 0 Å². The minimum absolute atomic E-state index is 0.0732. The molecule has 0 saturated carbocycles. The number of hydrazone groups is 1. The van der Waals surface area contributed by atoms with E-state index in [4.69, 9.17) is 4.74 Å². The molecule has 0 spiro atoms. The third kappa shape index (κ3) is 5.31. The van der Waals surface area contributed by atoms with Crippen LogP contribution in [0.3, 0.4) is 0 Å². The normalized spacial score (nSPS) is 11.5. The number of hydrogen-bond donors (Lipinski definition) is 1. The van der Waals surface area contributed by atoms with Gasteiger partial charge in [0.15, 0.2) is 0 Å². The molecule has 3 aromatic rings. The van der Waals surface area contributed by atoms with Gasteiger partial charge in [-0.15, -0.1) is 11.3 Å². The Hall–Kier alpha value is -3.17.